The fourth-order valence-electron chi connectivity index (χ4n) is 3.76. The maximum atomic E-state index is 10.2. The number of benzene rings is 2. The summed E-state index contributed by atoms with van der Waals surface area (Å²) in [4.78, 5) is 0. The minimum atomic E-state index is -1.51. The van der Waals surface area contributed by atoms with Gasteiger partial charge in [0.05, 0.1) is 19.8 Å². The van der Waals surface area contributed by atoms with E-state index in [1.807, 2.05) is 24.3 Å². The Balaban J connectivity index is 1.42. The van der Waals surface area contributed by atoms with Crippen LogP contribution in [0.3, 0.4) is 0 Å². The third-order valence-electron chi connectivity index (χ3n) is 5.63. The largest absolute Gasteiger partial charge is 0.488 e. The molecule has 32 heavy (non-hydrogen) atoms. The monoisotopic (exact) mass is 466 g/mol. The van der Waals surface area contributed by atoms with E-state index in [0.717, 1.165) is 29.9 Å². The molecule has 2 saturated heterocycles. The molecule has 2 aliphatic heterocycles. The first-order valence-electron chi connectivity index (χ1n) is 10.5. The van der Waals surface area contributed by atoms with Gasteiger partial charge in [0.25, 0.3) is 0 Å². The van der Waals surface area contributed by atoms with Gasteiger partial charge in [0.15, 0.2) is 0 Å². The zero-order valence-corrected chi connectivity index (χ0v) is 18.1. The van der Waals surface area contributed by atoms with Crippen LogP contribution in [0.1, 0.15) is 17.5 Å². The van der Waals surface area contributed by atoms with Gasteiger partial charge in [0.1, 0.15) is 42.0 Å². The molecule has 9 heteroatoms. The van der Waals surface area contributed by atoms with Crippen LogP contribution in [0.25, 0.3) is 0 Å². The van der Waals surface area contributed by atoms with Crippen molar-refractivity contribution in [2.75, 3.05) is 19.8 Å². The Labute approximate surface area is 190 Å². The summed E-state index contributed by atoms with van der Waals surface area (Å²) in [6.07, 6.45) is -5.21. The quantitative estimate of drug-likeness (QED) is 0.482. The predicted octanol–water partition coefficient (Wildman–Crippen LogP) is 1.28. The van der Waals surface area contributed by atoms with Gasteiger partial charge in [-0.15, -0.1) is 0 Å². The van der Waals surface area contributed by atoms with Crippen molar-refractivity contribution in [2.45, 2.75) is 49.7 Å². The lowest BCUT2D eigenvalue weighted by Gasteiger charge is -2.39. The lowest BCUT2D eigenvalue weighted by Crippen LogP contribution is -2.60. The highest BCUT2D eigenvalue weighted by atomic mass is 35.5. The van der Waals surface area contributed by atoms with Gasteiger partial charge in [0, 0.05) is 11.4 Å². The average molecular weight is 467 g/mol. The topological polar surface area (TPSA) is 118 Å². The second-order valence-electron chi connectivity index (χ2n) is 7.99. The van der Waals surface area contributed by atoms with Crippen molar-refractivity contribution in [1.82, 2.24) is 0 Å². The summed E-state index contributed by atoms with van der Waals surface area (Å²) in [7, 11) is 0. The van der Waals surface area contributed by atoms with Crippen LogP contribution in [-0.2, 0) is 15.9 Å². The highest BCUT2D eigenvalue weighted by Gasteiger charge is 2.44. The average Bonchev–Trinajstić information content (AvgIpc) is 3.31. The minimum Gasteiger partial charge on any atom is -0.488 e. The van der Waals surface area contributed by atoms with Gasteiger partial charge >= 0.3 is 0 Å². The molecule has 2 aromatic carbocycles. The van der Waals surface area contributed by atoms with E-state index in [-0.39, 0.29) is 6.10 Å². The smallest absolute Gasteiger partial charge is 0.229 e. The van der Waals surface area contributed by atoms with Crippen molar-refractivity contribution in [3.05, 3.63) is 58.6 Å². The molecule has 6 atom stereocenters. The second kappa shape index (κ2) is 10.4. The molecule has 2 fully saturated rings. The number of aliphatic hydroxyl groups excluding tert-OH is 4. The van der Waals surface area contributed by atoms with Crippen molar-refractivity contribution in [3.8, 4) is 11.5 Å². The molecule has 0 amide bonds. The minimum absolute atomic E-state index is 0.0894. The molecule has 2 aliphatic rings. The van der Waals surface area contributed by atoms with Gasteiger partial charge in [-0.2, -0.15) is 0 Å². The van der Waals surface area contributed by atoms with Crippen molar-refractivity contribution >= 4 is 11.6 Å². The SMILES string of the molecule is OC[C@H]1O[C@@H](Oc2ccc(Cl)c(Cc3ccc(O[C@@H]4CCOC4)cc3)c2)[C@H](O)[C@@H](O)[C@@H]1O. The molecular formula is C23H27ClO8. The van der Waals surface area contributed by atoms with Crippen LogP contribution in [0.2, 0.25) is 5.02 Å². The van der Waals surface area contributed by atoms with Gasteiger partial charge in [-0.25, -0.2) is 0 Å². The normalized spacial score (nSPS) is 30.3. The predicted molar refractivity (Wildman–Crippen MR) is 115 cm³/mol. The molecule has 0 unspecified atom stereocenters. The van der Waals surface area contributed by atoms with Crippen LogP contribution in [0.5, 0.6) is 11.5 Å². The molecule has 8 nitrogen and oxygen atoms in total. The molecule has 174 valence electrons. The number of ether oxygens (including phenoxy) is 4. The Hall–Kier alpha value is -1.91. The van der Waals surface area contributed by atoms with Gasteiger partial charge in [0.2, 0.25) is 6.29 Å². The summed E-state index contributed by atoms with van der Waals surface area (Å²) < 4.78 is 22.3. The number of hydrogen-bond acceptors (Lipinski definition) is 8. The molecule has 0 radical (unpaired) electrons. The molecule has 0 spiro atoms. The van der Waals surface area contributed by atoms with Crippen LogP contribution < -0.4 is 9.47 Å². The number of aliphatic hydroxyl groups is 4. The standard InChI is InChI=1S/C23H27ClO8/c24-18-6-5-16(31-23-22(28)21(27)20(26)19(11-25)32-23)10-14(18)9-13-1-3-15(4-2-13)30-17-7-8-29-12-17/h1-6,10,17,19-23,25-28H,7-9,11-12H2/t17-,19-,20-,21+,22-,23-/m1/s1. The fraction of sp³-hybridized carbons (Fsp3) is 0.478. The van der Waals surface area contributed by atoms with Gasteiger partial charge in [-0.1, -0.05) is 23.7 Å². The van der Waals surface area contributed by atoms with E-state index < -0.39 is 37.3 Å². The first-order chi connectivity index (χ1) is 15.4. The summed E-state index contributed by atoms with van der Waals surface area (Å²) in [6.45, 7) is 0.811. The molecule has 0 bridgehead atoms. The van der Waals surface area contributed by atoms with E-state index in [4.69, 9.17) is 30.5 Å². The Morgan fingerprint density at radius 3 is 2.38 bits per heavy atom. The molecular weight excluding hydrogens is 440 g/mol. The molecule has 4 rings (SSSR count). The number of rotatable bonds is 7. The highest BCUT2D eigenvalue weighted by Crippen LogP contribution is 2.29. The third kappa shape index (κ3) is 5.35. The molecule has 0 aliphatic carbocycles. The number of halogens is 1. The number of hydrogen-bond donors (Lipinski definition) is 4. The van der Waals surface area contributed by atoms with Crippen LogP contribution in [-0.4, -0.2) is 77.1 Å². The highest BCUT2D eigenvalue weighted by molar-refractivity contribution is 6.31. The summed E-state index contributed by atoms with van der Waals surface area (Å²) in [5.41, 5.74) is 1.82. The molecule has 2 heterocycles. The van der Waals surface area contributed by atoms with Crippen molar-refractivity contribution in [3.63, 3.8) is 0 Å². The third-order valence-corrected chi connectivity index (χ3v) is 6.00. The fourth-order valence-corrected chi connectivity index (χ4v) is 3.95. The second-order valence-corrected chi connectivity index (χ2v) is 8.40. The Morgan fingerprint density at radius 2 is 1.69 bits per heavy atom. The van der Waals surface area contributed by atoms with Gasteiger partial charge < -0.3 is 39.4 Å². The van der Waals surface area contributed by atoms with E-state index in [1.54, 1.807) is 18.2 Å². The zero-order valence-electron chi connectivity index (χ0n) is 17.3. The maximum absolute atomic E-state index is 10.2. The maximum Gasteiger partial charge on any atom is 0.229 e. The van der Waals surface area contributed by atoms with E-state index in [0.29, 0.717) is 23.8 Å². The summed E-state index contributed by atoms with van der Waals surface area (Å²) >= 11 is 6.37. The van der Waals surface area contributed by atoms with Crippen LogP contribution >= 0.6 is 11.6 Å². The van der Waals surface area contributed by atoms with Crippen LogP contribution in [0.4, 0.5) is 0 Å². The Morgan fingerprint density at radius 1 is 0.938 bits per heavy atom. The van der Waals surface area contributed by atoms with E-state index in [1.165, 1.54) is 0 Å². The molecule has 2 aromatic rings. The van der Waals surface area contributed by atoms with E-state index >= 15 is 0 Å². The summed E-state index contributed by atoms with van der Waals surface area (Å²) in [5.74, 6) is 1.16. The Kier molecular flexibility index (Phi) is 7.52. The zero-order chi connectivity index (χ0) is 22.7. The molecule has 4 N–H and O–H groups in total. The lowest BCUT2D eigenvalue weighted by atomic mass is 9.99. The first-order valence-corrected chi connectivity index (χ1v) is 10.9. The first kappa shape index (κ1) is 23.3. The molecule has 0 aromatic heterocycles. The van der Waals surface area contributed by atoms with E-state index in [9.17, 15) is 20.4 Å². The van der Waals surface area contributed by atoms with Crippen molar-refractivity contribution in [2.24, 2.45) is 0 Å². The summed E-state index contributed by atoms with van der Waals surface area (Å²) in [6, 6.07) is 12.8. The van der Waals surface area contributed by atoms with Gasteiger partial charge in [-0.3, -0.25) is 0 Å². The van der Waals surface area contributed by atoms with Crippen LogP contribution in [0, 0.1) is 0 Å². The van der Waals surface area contributed by atoms with Crippen LogP contribution in [0.15, 0.2) is 42.5 Å². The lowest BCUT2D eigenvalue weighted by molar-refractivity contribution is -0.277. The summed E-state index contributed by atoms with van der Waals surface area (Å²) in [5, 5.41) is 39.9. The van der Waals surface area contributed by atoms with Crippen molar-refractivity contribution < 1.29 is 39.4 Å². The van der Waals surface area contributed by atoms with Crippen molar-refractivity contribution in [1.29, 1.82) is 0 Å². The molecule has 0 saturated carbocycles. The van der Waals surface area contributed by atoms with E-state index in [2.05, 4.69) is 0 Å². The Bertz CT molecular complexity index is 884. The van der Waals surface area contributed by atoms with Gasteiger partial charge in [-0.05, 0) is 47.9 Å².